The summed E-state index contributed by atoms with van der Waals surface area (Å²) in [6, 6.07) is -0.833. The fourth-order valence-electron chi connectivity index (χ4n) is 0. The van der Waals surface area contributed by atoms with E-state index in [2.05, 4.69) is 11.5 Å². The first kappa shape index (κ1) is 15.7. The Labute approximate surface area is 47.9 Å². The second-order valence-corrected chi connectivity index (χ2v) is 0.402. The predicted molar refractivity (Wildman–Crippen MR) is 30.1 cm³/mol. The van der Waals surface area contributed by atoms with Crippen LogP contribution in [0.25, 0.3) is 0 Å². The van der Waals surface area contributed by atoms with Gasteiger partial charge in [-0.2, -0.15) is 0 Å². The lowest BCUT2D eigenvalue weighted by Crippen LogP contribution is -2.18. The van der Waals surface area contributed by atoms with Crippen LogP contribution in [-0.2, 0) is 0 Å². The van der Waals surface area contributed by atoms with E-state index in [4.69, 9.17) is 15.0 Å². The van der Waals surface area contributed by atoms with Crippen molar-refractivity contribution in [3.63, 3.8) is 0 Å². The minimum absolute atomic E-state index is 0.833. The van der Waals surface area contributed by atoms with Crippen molar-refractivity contribution in [3.05, 3.63) is 0 Å². The lowest BCUT2D eigenvalue weighted by atomic mass is 11.2. The molecule has 5 heteroatoms. The van der Waals surface area contributed by atoms with Gasteiger partial charge in [0.1, 0.15) is 0 Å². The van der Waals surface area contributed by atoms with Crippen molar-refractivity contribution in [2.24, 2.45) is 11.5 Å². The van der Waals surface area contributed by atoms with Crippen molar-refractivity contribution in [3.8, 4) is 0 Å². The summed E-state index contributed by atoms with van der Waals surface area (Å²) in [5, 5.41) is 14.0. The molecule has 0 aliphatic rings. The van der Waals surface area contributed by atoms with Gasteiger partial charge in [0, 0.05) is 14.2 Å². The van der Waals surface area contributed by atoms with Crippen molar-refractivity contribution in [2.75, 3.05) is 14.2 Å². The Bertz CT molecular complexity index is 35.5. The fourth-order valence-corrected chi connectivity index (χ4v) is 0. The highest BCUT2D eigenvalue weighted by atomic mass is 16.2. The summed E-state index contributed by atoms with van der Waals surface area (Å²) in [6.07, 6.45) is 0. The van der Waals surface area contributed by atoms with E-state index in [-0.39, 0.29) is 0 Å². The van der Waals surface area contributed by atoms with Gasteiger partial charge in [-0.15, -0.1) is 0 Å². The highest BCUT2D eigenvalue weighted by Crippen LogP contribution is 1.25. The SMILES string of the molecule is CO.CO.NC(N)=O. The van der Waals surface area contributed by atoms with Crippen LogP contribution in [0.4, 0.5) is 4.79 Å². The second-order valence-electron chi connectivity index (χ2n) is 0.402. The standard InChI is InChI=1S/CH4N2O.2CH4O/c2-1(3)4;2*1-2/h(H4,2,3,4);2*2H,1H3. The van der Waals surface area contributed by atoms with Gasteiger partial charge in [-0.25, -0.2) is 4.79 Å². The van der Waals surface area contributed by atoms with Crippen LogP contribution in [0.1, 0.15) is 0 Å². The van der Waals surface area contributed by atoms with Gasteiger partial charge in [-0.3, -0.25) is 0 Å². The summed E-state index contributed by atoms with van der Waals surface area (Å²) in [7, 11) is 2.00. The largest absolute Gasteiger partial charge is 0.400 e. The Balaban J connectivity index is -0.0000000542. The lowest BCUT2D eigenvalue weighted by Gasteiger charge is -1.62. The summed E-state index contributed by atoms with van der Waals surface area (Å²) >= 11 is 0. The van der Waals surface area contributed by atoms with Crippen molar-refractivity contribution >= 4 is 6.03 Å². The number of urea groups is 1. The number of carbonyl (C=O) groups excluding carboxylic acids is 1. The Morgan fingerprint density at radius 3 is 1.12 bits per heavy atom. The van der Waals surface area contributed by atoms with Gasteiger partial charge >= 0.3 is 6.03 Å². The number of carbonyl (C=O) groups is 1. The number of hydrogen-bond acceptors (Lipinski definition) is 3. The average Bonchev–Trinajstić information content (AvgIpc) is 1.75. The van der Waals surface area contributed by atoms with Crippen LogP contribution in [0.5, 0.6) is 0 Å². The van der Waals surface area contributed by atoms with Gasteiger partial charge in [0.05, 0.1) is 0 Å². The predicted octanol–water partition coefficient (Wildman–Crippen LogP) is -1.76. The fraction of sp³-hybridized carbons (Fsp3) is 0.667. The second kappa shape index (κ2) is 34.8. The molecule has 0 saturated carbocycles. The summed E-state index contributed by atoms with van der Waals surface area (Å²) in [6.45, 7) is 0. The summed E-state index contributed by atoms with van der Waals surface area (Å²) in [4.78, 5) is 9.00. The van der Waals surface area contributed by atoms with Crippen molar-refractivity contribution in [2.45, 2.75) is 0 Å². The molecule has 0 radical (unpaired) electrons. The molecule has 0 atom stereocenters. The molecular weight excluding hydrogens is 112 g/mol. The normalized spacial score (nSPS) is 4.50. The molecule has 0 aliphatic heterocycles. The molecule has 52 valence electrons. The van der Waals surface area contributed by atoms with Crippen molar-refractivity contribution < 1.29 is 15.0 Å². The van der Waals surface area contributed by atoms with E-state index in [0.717, 1.165) is 14.2 Å². The van der Waals surface area contributed by atoms with Gasteiger partial charge in [0.25, 0.3) is 0 Å². The number of amides is 2. The molecule has 8 heavy (non-hydrogen) atoms. The molecule has 6 N–H and O–H groups in total. The maximum absolute atomic E-state index is 9.00. The zero-order valence-corrected chi connectivity index (χ0v) is 4.96. The van der Waals surface area contributed by atoms with E-state index < -0.39 is 6.03 Å². The molecule has 0 spiro atoms. The molecule has 5 nitrogen and oxygen atoms in total. The molecule has 0 rings (SSSR count). The van der Waals surface area contributed by atoms with Gasteiger partial charge in [-0.1, -0.05) is 0 Å². The molecule has 0 bridgehead atoms. The van der Waals surface area contributed by atoms with Crippen LogP contribution in [-0.4, -0.2) is 30.5 Å². The van der Waals surface area contributed by atoms with Crippen LogP contribution in [0.3, 0.4) is 0 Å². The van der Waals surface area contributed by atoms with Crippen LogP contribution in [0.2, 0.25) is 0 Å². The van der Waals surface area contributed by atoms with E-state index in [0.29, 0.717) is 0 Å². The van der Waals surface area contributed by atoms with Gasteiger partial charge in [0.2, 0.25) is 0 Å². The molecular formula is C3H12N2O3. The molecule has 0 heterocycles. The average molecular weight is 124 g/mol. The number of primary amides is 2. The number of rotatable bonds is 0. The van der Waals surface area contributed by atoms with Crippen molar-refractivity contribution in [1.29, 1.82) is 0 Å². The maximum Gasteiger partial charge on any atom is 0.309 e. The van der Waals surface area contributed by atoms with E-state index in [1.54, 1.807) is 0 Å². The Hall–Kier alpha value is -0.810. The molecule has 2 amide bonds. The lowest BCUT2D eigenvalue weighted by molar-refractivity contribution is 0.256. The molecule has 0 aromatic carbocycles. The Morgan fingerprint density at radius 1 is 1.12 bits per heavy atom. The summed E-state index contributed by atoms with van der Waals surface area (Å²) in [5.41, 5.74) is 8.50. The number of aliphatic hydroxyl groups is 2. The third kappa shape index (κ3) is 139. The Kier molecular flexibility index (Phi) is 68.2. The molecule has 0 saturated heterocycles. The first-order chi connectivity index (χ1) is 3.73. The van der Waals surface area contributed by atoms with Crippen LogP contribution in [0.15, 0.2) is 0 Å². The molecule has 0 fully saturated rings. The first-order valence-electron chi connectivity index (χ1n) is 1.68. The minimum atomic E-state index is -0.833. The number of aliphatic hydroxyl groups excluding tert-OH is 2. The summed E-state index contributed by atoms with van der Waals surface area (Å²) < 4.78 is 0. The van der Waals surface area contributed by atoms with Crippen LogP contribution >= 0.6 is 0 Å². The highest BCUT2D eigenvalue weighted by molar-refractivity contribution is 5.69. The monoisotopic (exact) mass is 124 g/mol. The third-order valence-electron chi connectivity index (χ3n) is 0. The van der Waals surface area contributed by atoms with E-state index in [1.165, 1.54) is 0 Å². The van der Waals surface area contributed by atoms with Crippen molar-refractivity contribution in [1.82, 2.24) is 0 Å². The zero-order valence-electron chi connectivity index (χ0n) is 4.96. The number of nitrogens with two attached hydrogens (primary N) is 2. The van der Waals surface area contributed by atoms with Crippen LogP contribution < -0.4 is 11.5 Å². The van der Waals surface area contributed by atoms with E-state index in [1.807, 2.05) is 0 Å². The minimum Gasteiger partial charge on any atom is -0.400 e. The summed E-state index contributed by atoms with van der Waals surface area (Å²) in [5.74, 6) is 0. The smallest absolute Gasteiger partial charge is 0.309 e. The first-order valence-corrected chi connectivity index (χ1v) is 1.68. The van der Waals surface area contributed by atoms with E-state index in [9.17, 15) is 0 Å². The van der Waals surface area contributed by atoms with E-state index >= 15 is 0 Å². The molecule has 0 aromatic heterocycles. The molecule has 0 aliphatic carbocycles. The van der Waals surface area contributed by atoms with Gasteiger partial charge in [-0.05, 0) is 0 Å². The Morgan fingerprint density at radius 2 is 1.12 bits per heavy atom. The van der Waals surface area contributed by atoms with Gasteiger partial charge < -0.3 is 21.7 Å². The van der Waals surface area contributed by atoms with Gasteiger partial charge in [0.15, 0.2) is 0 Å². The number of hydrogen-bond donors (Lipinski definition) is 4. The quantitative estimate of drug-likeness (QED) is 0.307. The molecule has 0 aromatic rings. The highest BCUT2D eigenvalue weighted by Gasteiger charge is 1.60. The molecule has 0 unspecified atom stereocenters. The van der Waals surface area contributed by atoms with Crippen LogP contribution in [0, 0.1) is 0 Å². The maximum atomic E-state index is 9.00. The topological polar surface area (TPSA) is 110 Å². The third-order valence-corrected chi connectivity index (χ3v) is 0. The zero-order chi connectivity index (χ0) is 7.58.